The number of benzene rings is 1. The fourth-order valence-electron chi connectivity index (χ4n) is 1.73. The normalized spacial score (nSPS) is 13.9. The third-order valence-electron chi connectivity index (χ3n) is 3.04. The summed E-state index contributed by atoms with van der Waals surface area (Å²) in [6.45, 7) is 4.27. The lowest BCUT2D eigenvalue weighted by atomic mass is 9.97. The van der Waals surface area contributed by atoms with Gasteiger partial charge in [0.1, 0.15) is 11.5 Å². The molecule has 0 heterocycles. The summed E-state index contributed by atoms with van der Waals surface area (Å²) >= 11 is 0. The second kappa shape index (κ2) is 7.92. The van der Waals surface area contributed by atoms with E-state index >= 15 is 0 Å². The predicted molar refractivity (Wildman–Crippen MR) is 73.1 cm³/mol. The van der Waals surface area contributed by atoms with E-state index in [2.05, 4.69) is 0 Å². The monoisotopic (exact) mass is 266 g/mol. The lowest BCUT2D eigenvalue weighted by Crippen LogP contribution is -2.25. The number of Topliss-reactive ketones (excluding diaryl/α,β-unsaturated/α-hetero) is 1. The van der Waals surface area contributed by atoms with Gasteiger partial charge in [-0.1, -0.05) is 26.0 Å². The average molecular weight is 266 g/mol. The van der Waals surface area contributed by atoms with Crippen LogP contribution in [-0.2, 0) is 16.1 Å². The molecule has 0 aromatic heterocycles. The Morgan fingerprint density at radius 3 is 2.37 bits per heavy atom. The highest BCUT2D eigenvalue weighted by molar-refractivity contribution is 5.82. The summed E-state index contributed by atoms with van der Waals surface area (Å²) in [5.74, 6) is 0.335. The molecule has 19 heavy (non-hydrogen) atoms. The molecule has 0 bridgehead atoms. The Labute approximate surface area is 114 Å². The van der Waals surface area contributed by atoms with E-state index in [4.69, 9.17) is 14.6 Å². The molecule has 1 rings (SSSR count). The third kappa shape index (κ3) is 5.01. The second-order valence-electron chi connectivity index (χ2n) is 4.75. The summed E-state index contributed by atoms with van der Waals surface area (Å²) < 4.78 is 10.6. The highest BCUT2D eigenvalue weighted by Crippen LogP contribution is 2.13. The Morgan fingerprint density at radius 1 is 1.21 bits per heavy atom. The summed E-state index contributed by atoms with van der Waals surface area (Å²) in [4.78, 5) is 11.7. The Hall–Kier alpha value is -1.39. The maximum Gasteiger partial charge on any atom is 0.143 e. The van der Waals surface area contributed by atoms with E-state index < -0.39 is 0 Å². The SMILES string of the molecule is COc1ccc(COC[C@H](C)C(=O)[C@@H](C)CO)cc1. The molecule has 4 heteroatoms. The van der Waals surface area contributed by atoms with Gasteiger partial charge in [0.25, 0.3) is 0 Å². The first-order chi connectivity index (χ1) is 9.08. The summed E-state index contributed by atoms with van der Waals surface area (Å²) in [7, 11) is 1.63. The van der Waals surface area contributed by atoms with Crippen molar-refractivity contribution >= 4 is 5.78 Å². The minimum Gasteiger partial charge on any atom is -0.497 e. The molecular weight excluding hydrogens is 244 g/mol. The van der Waals surface area contributed by atoms with E-state index in [0.29, 0.717) is 13.2 Å². The second-order valence-corrected chi connectivity index (χ2v) is 4.75. The van der Waals surface area contributed by atoms with Crippen LogP contribution in [0.1, 0.15) is 19.4 Å². The van der Waals surface area contributed by atoms with Crippen molar-refractivity contribution in [3.63, 3.8) is 0 Å². The van der Waals surface area contributed by atoms with Crippen molar-refractivity contribution in [3.8, 4) is 5.75 Å². The molecule has 0 saturated carbocycles. The minimum atomic E-state index is -0.320. The van der Waals surface area contributed by atoms with Crippen molar-refractivity contribution in [1.82, 2.24) is 0 Å². The fraction of sp³-hybridized carbons (Fsp3) is 0.533. The molecule has 1 N–H and O–H groups in total. The number of methoxy groups -OCH3 is 1. The van der Waals surface area contributed by atoms with Crippen LogP contribution in [-0.4, -0.2) is 31.2 Å². The quantitative estimate of drug-likeness (QED) is 0.782. The van der Waals surface area contributed by atoms with E-state index in [0.717, 1.165) is 11.3 Å². The molecule has 0 saturated heterocycles. The molecule has 0 radical (unpaired) electrons. The third-order valence-corrected chi connectivity index (χ3v) is 3.04. The fourth-order valence-corrected chi connectivity index (χ4v) is 1.73. The van der Waals surface area contributed by atoms with Crippen molar-refractivity contribution < 1.29 is 19.4 Å². The summed E-state index contributed by atoms with van der Waals surface area (Å²) in [5.41, 5.74) is 1.04. The minimum absolute atomic E-state index is 0.0391. The van der Waals surface area contributed by atoms with Crippen LogP contribution in [0.3, 0.4) is 0 Å². The van der Waals surface area contributed by atoms with E-state index in [9.17, 15) is 4.79 Å². The number of carbonyl (C=O) groups excluding carboxylic acids is 1. The molecule has 0 aliphatic rings. The molecule has 4 nitrogen and oxygen atoms in total. The van der Waals surface area contributed by atoms with E-state index in [1.165, 1.54) is 0 Å². The Kier molecular flexibility index (Phi) is 6.53. The molecular formula is C15H22O4. The molecule has 1 aromatic carbocycles. The van der Waals surface area contributed by atoms with Gasteiger partial charge in [0.2, 0.25) is 0 Å². The molecule has 0 amide bonds. The topological polar surface area (TPSA) is 55.8 Å². The molecule has 106 valence electrons. The van der Waals surface area contributed by atoms with Crippen LogP contribution in [0.2, 0.25) is 0 Å². The van der Waals surface area contributed by atoms with Gasteiger partial charge in [-0.15, -0.1) is 0 Å². The smallest absolute Gasteiger partial charge is 0.143 e. The lowest BCUT2D eigenvalue weighted by Gasteiger charge is -2.14. The Balaban J connectivity index is 2.35. The number of rotatable bonds is 8. The molecule has 2 atom stereocenters. The number of aliphatic hydroxyl groups is 1. The number of hydrogen-bond acceptors (Lipinski definition) is 4. The number of ether oxygens (including phenoxy) is 2. The van der Waals surface area contributed by atoms with Crippen LogP contribution >= 0.6 is 0 Å². The highest BCUT2D eigenvalue weighted by atomic mass is 16.5. The van der Waals surface area contributed by atoms with Gasteiger partial charge in [0.15, 0.2) is 0 Å². The highest BCUT2D eigenvalue weighted by Gasteiger charge is 2.19. The van der Waals surface area contributed by atoms with Gasteiger partial charge in [0, 0.05) is 11.8 Å². The van der Waals surface area contributed by atoms with Crippen molar-refractivity contribution in [3.05, 3.63) is 29.8 Å². The number of aliphatic hydroxyl groups excluding tert-OH is 1. The van der Waals surface area contributed by atoms with E-state index in [1.807, 2.05) is 31.2 Å². The largest absolute Gasteiger partial charge is 0.497 e. The van der Waals surface area contributed by atoms with Crippen molar-refractivity contribution in [2.45, 2.75) is 20.5 Å². The average Bonchev–Trinajstić information content (AvgIpc) is 2.46. The van der Waals surface area contributed by atoms with Crippen LogP contribution < -0.4 is 4.74 Å². The molecule has 0 aliphatic carbocycles. The van der Waals surface area contributed by atoms with Crippen molar-refractivity contribution in [2.75, 3.05) is 20.3 Å². The molecule has 0 aliphatic heterocycles. The van der Waals surface area contributed by atoms with Gasteiger partial charge in [0.05, 0.1) is 26.9 Å². The number of ketones is 1. The summed E-state index contributed by atoms with van der Waals surface area (Å²) in [5, 5.41) is 8.93. The summed E-state index contributed by atoms with van der Waals surface area (Å²) in [6, 6.07) is 7.62. The van der Waals surface area contributed by atoms with Crippen LogP contribution in [0.15, 0.2) is 24.3 Å². The van der Waals surface area contributed by atoms with Gasteiger partial charge in [-0.05, 0) is 17.7 Å². The first kappa shape index (κ1) is 15.7. The van der Waals surface area contributed by atoms with Crippen LogP contribution in [0, 0.1) is 11.8 Å². The van der Waals surface area contributed by atoms with Gasteiger partial charge in [-0.2, -0.15) is 0 Å². The lowest BCUT2D eigenvalue weighted by molar-refractivity contribution is -0.128. The maximum atomic E-state index is 11.7. The summed E-state index contributed by atoms with van der Waals surface area (Å²) in [6.07, 6.45) is 0. The van der Waals surface area contributed by atoms with E-state index in [-0.39, 0.29) is 24.2 Å². The van der Waals surface area contributed by atoms with Gasteiger partial charge in [-0.25, -0.2) is 0 Å². The molecule has 0 spiro atoms. The van der Waals surface area contributed by atoms with Crippen LogP contribution in [0.4, 0.5) is 0 Å². The van der Waals surface area contributed by atoms with Gasteiger partial charge >= 0.3 is 0 Å². The van der Waals surface area contributed by atoms with Crippen LogP contribution in [0.5, 0.6) is 5.75 Å². The van der Waals surface area contributed by atoms with Gasteiger partial charge in [-0.3, -0.25) is 4.79 Å². The number of carbonyl (C=O) groups is 1. The first-order valence-electron chi connectivity index (χ1n) is 6.43. The maximum absolute atomic E-state index is 11.7. The predicted octanol–water partition coefficient (Wildman–Crippen LogP) is 2.05. The van der Waals surface area contributed by atoms with Crippen LogP contribution in [0.25, 0.3) is 0 Å². The molecule has 0 unspecified atom stereocenters. The molecule has 0 fully saturated rings. The van der Waals surface area contributed by atoms with E-state index in [1.54, 1.807) is 14.0 Å². The van der Waals surface area contributed by atoms with Gasteiger partial charge < -0.3 is 14.6 Å². The molecule has 1 aromatic rings. The zero-order valence-corrected chi connectivity index (χ0v) is 11.8. The number of hydrogen-bond donors (Lipinski definition) is 1. The zero-order chi connectivity index (χ0) is 14.3. The standard InChI is InChI=1S/C15H22O4/c1-11(8-16)15(17)12(2)9-19-10-13-4-6-14(18-3)7-5-13/h4-7,11-12,16H,8-10H2,1-3H3/t11-,12-/m0/s1. The zero-order valence-electron chi connectivity index (χ0n) is 11.8. The Morgan fingerprint density at radius 2 is 1.84 bits per heavy atom. The Bertz CT molecular complexity index is 386. The van der Waals surface area contributed by atoms with Crippen molar-refractivity contribution in [1.29, 1.82) is 0 Å². The van der Waals surface area contributed by atoms with Crippen molar-refractivity contribution in [2.24, 2.45) is 11.8 Å². The first-order valence-corrected chi connectivity index (χ1v) is 6.43.